The molecule has 4 heteroatoms. The molecule has 4 rings (SSSR count). The molecular formula is C15H20N2O2. The molecule has 102 valence electrons. The van der Waals surface area contributed by atoms with Crippen LogP contribution in [0.3, 0.4) is 0 Å². The Kier molecular flexibility index (Phi) is 3.42. The average Bonchev–Trinajstić information content (AvgIpc) is 2.71. The van der Waals surface area contributed by atoms with Crippen molar-refractivity contribution in [1.82, 2.24) is 9.80 Å². The van der Waals surface area contributed by atoms with E-state index in [0.29, 0.717) is 25.0 Å². The van der Waals surface area contributed by atoms with Crippen LogP contribution in [0.25, 0.3) is 0 Å². The normalized spacial score (nSPS) is 27.3. The summed E-state index contributed by atoms with van der Waals surface area (Å²) >= 11 is 0. The quantitative estimate of drug-likeness (QED) is 0.887. The molecule has 2 atom stereocenters. The Morgan fingerprint density at radius 1 is 1.16 bits per heavy atom. The zero-order chi connectivity index (χ0) is 13.2. The fraction of sp³-hybridized carbons (Fsp3) is 0.533. The van der Waals surface area contributed by atoms with Crippen molar-refractivity contribution in [3.05, 3.63) is 35.9 Å². The predicted molar refractivity (Wildman–Crippen MR) is 73.0 cm³/mol. The van der Waals surface area contributed by atoms with E-state index in [1.807, 2.05) is 6.07 Å². The van der Waals surface area contributed by atoms with Gasteiger partial charge in [0.25, 0.3) is 0 Å². The van der Waals surface area contributed by atoms with Crippen molar-refractivity contribution in [3.63, 3.8) is 0 Å². The standard InChI is InChI=1S/C15H20N2O2/c18-15(19)17-10-13-6-7-14(11-17)16(9-13)8-12-4-2-1-3-5-12/h1-5,13-14H,6-11H2,(H,18,19)/t13-,14-/m0/s1. The predicted octanol–water partition coefficient (Wildman–Crippen LogP) is 2.26. The maximum absolute atomic E-state index is 11.2. The minimum atomic E-state index is -0.765. The number of rotatable bonds is 2. The zero-order valence-corrected chi connectivity index (χ0v) is 11.0. The molecular weight excluding hydrogens is 240 g/mol. The molecule has 0 aliphatic carbocycles. The third-order valence-corrected chi connectivity index (χ3v) is 4.33. The number of piperidine rings is 1. The number of nitrogens with zero attached hydrogens (tertiary/aromatic N) is 2. The molecule has 0 spiro atoms. The molecule has 1 aromatic rings. The lowest BCUT2D eigenvalue weighted by atomic mass is 9.94. The molecule has 3 fully saturated rings. The van der Waals surface area contributed by atoms with Gasteiger partial charge in [-0.1, -0.05) is 30.3 Å². The lowest BCUT2D eigenvalue weighted by Gasteiger charge is -2.35. The maximum atomic E-state index is 11.2. The lowest BCUT2D eigenvalue weighted by Crippen LogP contribution is -2.43. The topological polar surface area (TPSA) is 43.8 Å². The Hall–Kier alpha value is -1.55. The molecule has 3 aliphatic rings. The SMILES string of the molecule is O=C(O)N1C[C@H]2CC[C@@H](C1)N(Cc1ccccc1)C2. The van der Waals surface area contributed by atoms with Crippen LogP contribution in [0.15, 0.2) is 30.3 Å². The van der Waals surface area contributed by atoms with Gasteiger partial charge in [0, 0.05) is 32.2 Å². The summed E-state index contributed by atoms with van der Waals surface area (Å²) in [6.07, 6.45) is 1.53. The Balaban J connectivity index is 1.72. The van der Waals surface area contributed by atoms with Crippen LogP contribution in [0.1, 0.15) is 18.4 Å². The summed E-state index contributed by atoms with van der Waals surface area (Å²) in [5.74, 6) is 0.499. The van der Waals surface area contributed by atoms with Gasteiger partial charge in [-0.3, -0.25) is 4.90 Å². The number of amides is 1. The van der Waals surface area contributed by atoms with E-state index in [-0.39, 0.29) is 0 Å². The van der Waals surface area contributed by atoms with E-state index < -0.39 is 6.09 Å². The first-order chi connectivity index (χ1) is 9.22. The molecule has 3 aliphatic heterocycles. The maximum Gasteiger partial charge on any atom is 0.407 e. The Bertz CT molecular complexity index is 449. The molecule has 0 unspecified atom stereocenters. The van der Waals surface area contributed by atoms with Gasteiger partial charge < -0.3 is 10.0 Å². The third kappa shape index (κ3) is 2.73. The van der Waals surface area contributed by atoms with E-state index in [4.69, 9.17) is 0 Å². The van der Waals surface area contributed by atoms with E-state index in [1.54, 1.807) is 4.90 Å². The van der Waals surface area contributed by atoms with Gasteiger partial charge in [-0.05, 0) is 24.3 Å². The zero-order valence-electron chi connectivity index (χ0n) is 11.0. The van der Waals surface area contributed by atoms with Crippen molar-refractivity contribution < 1.29 is 9.90 Å². The molecule has 1 aromatic carbocycles. The summed E-state index contributed by atoms with van der Waals surface area (Å²) < 4.78 is 0. The second-order valence-electron chi connectivity index (χ2n) is 5.70. The van der Waals surface area contributed by atoms with E-state index in [9.17, 15) is 9.90 Å². The first-order valence-electron chi connectivity index (χ1n) is 6.98. The first kappa shape index (κ1) is 12.5. The molecule has 1 N–H and O–H groups in total. The minimum Gasteiger partial charge on any atom is -0.465 e. The number of carboxylic acid groups (broad SMARTS) is 1. The van der Waals surface area contributed by atoms with Crippen molar-refractivity contribution in [3.8, 4) is 0 Å². The van der Waals surface area contributed by atoms with Crippen LogP contribution >= 0.6 is 0 Å². The van der Waals surface area contributed by atoms with Crippen LogP contribution < -0.4 is 0 Å². The van der Waals surface area contributed by atoms with Crippen molar-refractivity contribution in [2.75, 3.05) is 19.6 Å². The van der Waals surface area contributed by atoms with Gasteiger partial charge in [-0.15, -0.1) is 0 Å². The minimum absolute atomic E-state index is 0.384. The number of benzene rings is 1. The third-order valence-electron chi connectivity index (χ3n) is 4.33. The molecule has 0 saturated carbocycles. The summed E-state index contributed by atoms with van der Waals surface area (Å²) in [6.45, 7) is 3.34. The molecule has 0 aromatic heterocycles. The fourth-order valence-electron chi connectivity index (χ4n) is 3.35. The number of fused-ring (bicyclic) bond motifs is 4. The molecule has 0 radical (unpaired) electrons. The van der Waals surface area contributed by atoms with E-state index in [0.717, 1.165) is 19.5 Å². The van der Waals surface area contributed by atoms with Crippen molar-refractivity contribution in [1.29, 1.82) is 0 Å². The monoisotopic (exact) mass is 260 g/mol. The Morgan fingerprint density at radius 3 is 2.68 bits per heavy atom. The molecule has 19 heavy (non-hydrogen) atoms. The van der Waals surface area contributed by atoms with Gasteiger partial charge >= 0.3 is 6.09 Å². The summed E-state index contributed by atoms with van der Waals surface area (Å²) in [4.78, 5) is 15.3. The summed E-state index contributed by atoms with van der Waals surface area (Å²) in [5, 5.41) is 9.21. The van der Waals surface area contributed by atoms with E-state index >= 15 is 0 Å². The van der Waals surface area contributed by atoms with Gasteiger partial charge in [-0.25, -0.2) is 4.79 Å². The molecule has 2 bridgehead atoms. The molecule has 3 saturated heterocycles. The highest BCUT2D eigenvalue weighted by Gasteiger charge is 2.36. The summed E-state index contributed by atoms with van der Waals surface area (Å²) in [6, 6.07) is 10.8. The summed E-state index contributed by atoms with van der Waals surface area (Å²) in [7, 11) is 0. The summed E-state index contributed by atoms with van der Waals surface area (Å²) in [5.41, 5.74) is 1.32. The highest BCUT2D eigenvalue weighted by atomic mass is 16.4. The van der Waals surface area contributed by atoms with Crippen molar-refractivity contribution in [2.45, 2.75) is 25.4 Å². The van der Waals surface area contributed by atoms with Crippen LogP contribution in [0.2, 0.25) is 0 Å². The highest BCUT2D eigenvalue weighted by Crippen LogP contribution is 2.29. The highest BCUT2D eigenvalue weighted by molar-refractivity contribution is 5.65. The smallest absolute Gasteiger partial charge is 0.407 e. The lowest BCUT2D eigenvalue weighted by molar-refractivity contribution is 0.120. The average molecular weight is 260 g/mol. The van der Waals surface area contributed by atoms with Gasteiger partial charge in [-0.2, -0.15) is 0 Å². The largest absolute Gasteiger partial charge is 0.465 e. The van der Waals surface area contributed by atoms with Crippen LogP contribution in [-0.4, -0.2) is 46.7 Å². The number of carbonyl (C=O) groups is 1. The van der Waals surface area contributed by atoms with Crippen LogP contribution in [0.4, 0.5) is 4.79 Å². The van der Waals surface area contributed by atoms with Crippen LogP contribution in [-0.2, 0) is 6.54 Å². The number of hydrogen-bond acceptors (Lipinski definition) is 2. The van der Waals surface area contributed by atoms with Crippen molar-refractivity contribution in [2.24, 2.45) is 5.92 Å². The molecule has 4 nitrogen and oxygen atoms in total. The van der Waals surface area contributed by atoms with Crippen LogP contribution in [0.5, 0.6) is 0 Å². The number of hydrogen-bond donors (Lipinski definition) is 1. The van der Waals surface area contributed by atoms with E-state index in [1.165, 1.54) is 12.0 Å². The van der Waals surface area contributed by atoms with Crippen molar-refractivity contribution >= 4 is 6.09 Å². The second kappa shape index (κ2) is 5.21. The van der Waals surface area contributed by atoms with Gasteiger partial charge in [0.15, 0.2) is 0 Å². The van der Waals surface area contributed by atoms with Gasteiger partial charge in [0.2, 0.25) is 0 Å². The fourth-order valence-corrected chi connectivity index (χ4v) is 3.35. The Morgan fingerprint density at radius 2 is 1.95 bits per heavy atom. The Labute approximate surface area is 113 Å². The van der Waals surface area contributed by atoms with Gasteiger partial charge in [0.05, 0.1) is 0 Å². The van der Waals surface area contributed by atoms with Gasteiger partial charge in [0.1, 0.15) is 0 Å². The van der Waals surface area contributed by atoms with E-state index in [2.05, 4.69) is 29.2 Å². The van der Waals surface area contributed by atoms with Crippen LogP contribution in [0, 0.1) is 5.92 Å². The second-order valence-corrected chi connectivity index (χ2v) is 5.70. The first-order valence-corrected chi connectivity index (χ1v) is 6.98. The molecule has 3 heterocycles. The molecule has 1 amide bonds.